The quantitative estimate of drug-likeness (QED) is 0.313. The molecule has 0 aliphatic rings. The van der Waals surface area contributed by atoms with Gasteiger partial charge in [-0.25, -0.2) is 19.1 Å². The van der Waals surface area contributed by atoms with Gasteiger partial charge in [-0.1, -0.05) is 47.7 Å². The summed E-state index contributed by atoms with van der Waals surface area (Å²) in [7, 11) is 1.85. The Balaban J connectivity index is 1.59. The molecule has 5 rings (SSSR count). The van der Waals surface area contributed by atoms with Crippen LogP contribution in [0.1, 0.15) is 22.4 Å². The van der Waals surface area contributed by atoms with E-state index in [4.69, 9.17) is 4.74 Å². The van der Waals surface area contributed by atoms with Crippen LogP contribution in [0.3, 0.4) is 0 Å². The Morgan fingerprint density at radius 2 is 1.72 bits per heavy atom. The van der Waals surface area contributed by atoms with E-state index in [0.29, 0.717) is 21.2 Å². The first-order valence-electron chi connectivity index (χ1n) is 11.1. The molecular weight excluding hydrogens is 496 g/mol. The van der Waals surface area contributed by atoms with Gasteiger partial charge >= 0.3 is 5.97 Å². The van der Waals surface area contributed by atoms with Crippen molar-refractivity contribution in [1.29, 1.82) is 0 Å². The second-order valence-electron chi connectivity index (χ2n) is 7.72. The highest BCUT2D eigenvalue weighted by Crippen LogP contribution is 2.27. The smallest absolute Gasteiger partial charge is 0.369 e. The minimum atomic E-state index is -0.505. The summed E-state index contributed by atoms with van der Waals surface area (Å²) in [6, 6.07) is 18.9. The molecule has 0 fully saturated rings. The van der Waals surface area contributed by atoms with Gasteiger partial charge < -0.3 is 4.74 Å². The Morgan fingerprint density at radius 3 is 2.39 bits per heavy atom. The van der Waals surface area contributed by atoms with Gasteiger partial charge in [0.25, 0.3) is 5.56 Å². The molecule has 3 heterocycles. The molecule has 0 spiro atoms. The van der Waals surface area contributed by atoms with E-state index in [-0.39, 0.29) is 17.2 Å². The van der Waals surface area contributed by atoms with Crippen molar-refractivity contribution in [2.45, 2.75) is 13.8 Å². The molecule has 0 radical (unpaired) electrons. The summed E-state index contributed by atoms with van der Waals surface area (Å²) >= 11 is 2.43. The molecule has 182 valence electrons. The topological polar surface area (TPSA) is 96.3 Å². The van der Waals surface area contributed by atoms with Crippen LogP contribution in [0, 0.1) is 6.92 Å². The van der Waals surface area contributed by atoms with Crippen molar-refractivity contribution < 1.29 is 9.53 Å². The first-order chi connectivity index (χ1) is 17.5. The number of benzene rings is 2. The van der Waals surface area contributed by atoms with E-state index in [0.717, 1.165) is 28.4 Å². The number of carbonyl (C=O) groups is 1. The Kier molecular flexibility index (Phi) is 6.49. The molecule has 0 saturated carbocycles. The third-order valence-electron chi connectivity index (χ3n) is 5.50. The second kappa shape index (κ2) is 9.88. The number of thiazole rings is 1. The molecule has 0 saturated heterocycles. The van der Waals surface area contributed by atoms with Crippen LogP contribution >= 0.6 is 22.7 Å². The first-order valence-corrected chi connectivity index (χ1v) is 12.8. The van der Waals surface area contributed by atoms with Gasteiger partial charge in [-0.2, -0.15) is 4.99 Å². The lowest BCUT2D eigenvalue weighted by molar-refractivity contribution is 0.0524. The summed E-state index contributed by atoms with van der Waals surface area (Å²) in [6.45, 7) is 3.89. The van der Waals surface area contributed by atoms with Crippen molar-refractivity contribution in [3.63, 3.8) is 0 Å². The van der Waals surface area contributed by atoms with Crippen LogP contribution in [-0.2, 0) is 11.8 Å². The Labute approximate surface area is 214 Å². The van der Waals surface area contributed by atoms with Gasteiger partial charge in [0.2, 0.25) is 14.9 Å². The molecule has 0 atom stereocenters. The van der Waals surface area contributed by atoms with E-state index in [1.807, 2.05) is 84.7 Å². The van der Waals surface area contributed by atoms with E-state index < -0.39 is 5.97 Å². The molecule has 36 heavy (non-hydrogen) atoms. The number of aromatic nitrogens is 5. The average molecular weight is 519 g/mol. The predicted octanol–water partition coefficient (Wildman–Crippen LogP) is 4.26. The zero-order valence-corrected chi connectivity index (χ0v) is 21.4. The molecule has 0 bridgehead atoms. The van der Waals surface area contributed by atoms with Gasteiger partial charge in [-0.05, 0) is 38.1 Å². The minimum absolute atomic E-state index is 0.153. The van der Waals surface area contributed by atoms with Gasteiger partial charge in [0.05, 0.1) is 29.2 Å². The molecule has 5 aromatic rings. The number of carbonyl (C=O) groups excluding carboxylic acids is 1. The monoisotopic (exact) mass is 518 g/mol. The number of para-hydroxylation sites is 2. The standard InChI is InChI=1S/C25H22N6O3S2/c1-4-34-23(33)21-28-30(17-11-7-5-8-12-17)25(36-21)27-24-26-19(15-35-24)20-16(2)29(3)31(22(20)32)18-13-9-6-10-14-18/h5-15H,4H2,1-3H3/b27-25-. The molecular formula is C25H22N6O3S2. The Morgan fingerprint density at radius 1 is 1.06 bits per heavy atom. The van der Waals surface area contributed by atoms with E-state index in [2.05, 4.69) is 15.1 Å². The summed E-state index contributed by atoms with van der Waals surface area (Å²) in [5, 5.41) is 6.88. The van der Waals surface area contributed by atoms with Crippen LogP contribution in [0.5, 0.6) is 0 Å². The number of hydrogen-bond acceptors (Lipinski definition) is 8. The van der Waals surface area contributed by atoms with Gasteiger partial charge in [0.1, 0.15) is 0 Å². The molecule has 0 unspecified atom stereocenters. The summed E-state index contributed by atoms with van der Waals surface area (Å²) in [5.74, 6) is -0.505. The highest BCUT2D eigenvalue weighted by molar-refractivity contribution is 7.14. The van der Waals surface area contributed by atoms with Gasteiger partial charge in [0.15, 0.2) is 0 Å². The second-order valence-corrected chi connectivity index (χ2v) is 9.51. The van der Waals surface area contributed by atoms with Crippen molar-refractivity contribution >= 4 is 33.8 Å². The van der Waals surface area contributed by atoms with E-state index in [1.165, 1.54) is 11.3 Å². The molecule has 0 N–H and O–H groups in total. The van der Waals surface area contributed by atoms with E-state index in [1.54, 1.807) is 16.3 Å². The molecule has 9 nitrogen and oxygen atoms in total. The van der Waals surface area contributed by atoms with Crippen LogP contribution in [0.4, 0.5) is 5.13 Å². The zero-order valence-electron chi connectivity index (χ0n) is 19.8. The lowest BCUT2D eigenvalue weighted by atomic mass is 10.2. The Hall–Kier alpha value is -4.09. The largest absolute Gasteiger partial charge is 0.461 e. The van der Waals surface area contributed by atoms with Crippen LogP contribution < -0.4 is 10.4 Å². The van der Waals surface area contributed by atoms with Crippen molar-refractivity contribution in [2.24, 2.45) is 12.0 Å². The fourth-order valence-corrected chi connectivity index (χ4v) is 5.28. The number of esters is 1. The lowest BCUT2D eigenvalue weighted by Gasteiger charge is -2.07. The fourth-order valence-electron chi connectivity index (χ4n) is 3.74. The van der Waals surface area contributed by atoms with Crippen LogP contribution in [0.2, 0.25) is 0 Å². The Bertz CT molecular complexity index is 1660. The summed E-state index contributed by atoms with van der Waals surface area (Å²) in [4.78, 5) is 35.5. The number of hydrogen-bond donors (Lipinski definition) is 0. The molecule has 2 aromatic carbocycles. The fraction of sp³-hybridized carbons (Fsp3) is 0.160. The molecule has 0 amide bonds. The first kappa shape index (κ1) is 23.6. The summed E-state index contributed by atoms with van der Waals surface area (Å²) < 4.78 is 10.2. The highest BCUT2D eigenvalue weighted by Gasteiger charge is 2.20. The van der Waals surface area contributed by atoms with Gasteiger partial charge in [-0.15, -0.1) is 16.4 Å². The summed E-state index contributed by atoms with van der Waals surface area (Å²) in [5.41, 5.74) is 3.24. The normalized spacial score (nSPS) is 11.7. The van der Waals surface area contributed by atoms with Crippen LogP contribution in [-0.4, -0.2) is 36.7 Å². The molecule has 0 aliphatic heterocycles. The van der Waals surface area contributed by atoms with Crippen molar-refractivity contribution in [3.05, 3.63) is 91.9 Å². The average Bonchev–Trinajstić information content (AvgIpc) is 3.58. The minimum Gasteiger partial charge on any atom is -0.461 e. The van der Waals surface area contributed by atoms with Crippen molar-refractivity contribution in [1.82, 2.24) is 24.1 Å². The van der Waals surface area contributed by atoms with E-state index >= 15 is 0 Å². The maximum atomic E-state index is 13.4. The van der Waals surface area contributed by atoms with Crippen molar-refractivity contribution in [3.8, 4) is 22.6 Å². The number of rotatable bonds is 6. The zero-order chi connectivity index (χ0) is 25.2. The van der Waals surface area contributed by atoms with Crippen molar-refractivity contribution in [2.75, 3.05) is 6.61 Å². The van der Waals surface area contributed by atoms with Crippen LogP contribution in [0.25, 0.3) is 22.6 Å². The predicted molar refractivity (Wildman–Crippen MR) is 139 cm³/mol. The van der Waals surface area contributed by atoms with E-state index in [9.17, 15) is 9.59 Å². The third kappa shape index (κ3) is 4.34. The maximum Gasteiger partial charge on any atom is 0.369 e. The molecule has 11 heteroatoms. The third-order valence-corrected chi connectivity index (χ3v) is 7.13. The SMILES string of the molecule is CCOC(=O)c1nn(-c2ccccc2)/c(=N/c2nc(-c3c(C)n(C)n(-c4ccccc4)c3=O)cs2)s1. The molecule has 0 aliphatic carbocycles. The molecule has 3 aromatic heterocycles. The summed E-state index contributed by atoms with van der Waals surface area (Å²) in [6.07, 6.45) is 0. The number of nitrogens with zero attached hydrogens (tertiary/aromatic N) is 6. The maximum absolute atomic E-state index is 13.4. The highest BCUT2D eigenvalue weighted by atomic mass is 32.1. The lowest BCUT2D eigenvalue weighted by Crippen LogP contribution is -2.20. The van der Waals surface area contributed by atoms with Crippen LogP contribution in [0.15, 0.2) is 75.8 Å². The number of ether oxygens (including phenoxy) is 1. The van der Waals surface area contributed by atoms with Gasteiger partial charge in [-0.3, -0.25) is 9.48 Å². The van der Waals surface area contributed by atoms with Gasteiger partial charge in [0, 0.05) is 18.1 Å².